The van der Waals surface area contributed by atoms with E-state index in [1.807, 2.05) is 6.07 Å². The molecule has 0 aliphatic rings. The van der Waals surface area contributed by atoms with E-state index in [0.717, 1.165) is 6.20 Å². The van der Waals surface area contributed by atoms with Crippen molar-refractivity contribution in [3.8, 4) is 6.07 Å². The average Bonchev–Trinajstić information content (AvgIpc) is 2.47. The number of nitrogens with one attached hydrogen (secondary N) is 1. The molecule has 0 aliphatic heterocycles. The molecule has 0 spiro atoms. The number of para-hydroxylation sites is 1. The number of aliphatic hydroxyl groups is 1. The van der Waals surface area contributed by atoms with Crippen molar-refractivity contribution in [3.05, 3.63) is 53.9 Å². The number of hydrogen-bond donors (Lipinski definition) is 2. The third kappa shape index (κ3) is 3.37. The van der Waals surface area contributed by atoms with Gasteiger partial charge in [-0.2, -0.15) is 5.26 Å². The smallest absolute Gasteiger partial charge is 0.263 e. The Kier molecular flexibility index (Phi) is 4.21. The van der Waals surface area contributed by atoms with Crippen molar-refractivity contribution in [2.45, 2.75) is 17.9 Å². The molecule has 1 unspecified atom stereocenters. The molecule has 7 heteroatoms. The molecule has 0 saturated heterocycles. The Morgan fingerprint density at radius 1 is 1.29 bits per heavy atom. The van der Waals surface area contributed by atoms with Crippen molar-refractivity contribution in [2.24, 2.45) is 0 Å². The Morgan fingerprint density at radius 3 is 2.57 bits per heavy atom. The van der Waals surface area contributed by atoms with Crippen LogP contribution in [-0.2, 0) is 10.0 Å². The molecule has 6 nitrogen and oxygen atoms in total. The van der Waals surface area contributed by atoms with Gasteiger partial charge in [0, 0.05) is 11.8 Å². The molecule has 0 fully saturated rings. The van der Waals surface area contributed by atoms with E-state index < -0.39 is 16.1 Å². The molecule has 0 saturated carbocycles. The lowest BCUT2D eigenvalue weighted by molar-refractivity contribution is 0.200. The minimum absolute atomic E-state index is 0.0538. The van der Waals surface area contributed by atoms with Crippen molar-refractivity contribution in [3.63, 3.8) is 0 Å². The number of aromatic nitrogens is 1. The first-order chi connectivity index (χ1) is 9.94. The molecule has 21 heavy (non-hydrogen) atoms. The van der Waals surface area contributed by atoms with Crippen LogP contribution in [0, 0.1) is 11.3 Å². The summed E-state index contributed by atoms with van der Waals surface area (Å²) in [5.41, 5.74) is 0.915. The molecule has 0 radical (unpaired) electrons. The van der Waals surface area contributed by atoms with Crippen LogP contribution in [0.2, 0.25) is 0 Å². The second-order valence-corrected chi connectivity index (χ2v) is 6.04. The highest BCUT2D eigenvalue weighted by Crippen LogP contribution is 2.24. The topological polar surface area (TPSA) is 103 Å². The average molecular weight is 303 g/mol. The minimum Gasteiger partial charge on any atom is -0.389 e. The van der Waals surface area contributed by atoms with Gasteiger partial charge < -0.3 is 5.11 Å². The van der Waals surface area contributed by atoms with Crippen LogP contribution in [0.25, 0.3) is 0 Å². The zero-order chi connectivity index (χ0) is 15.5. The SMILES string of the molecule is CC(O)c1ccccc1NS(=O)(=O)c1ccc(C#N)nc1. The lowest BCUT2D eigenvalue weighted by atomic mass is 10.1. The van der Waals surface area contributed by atoms with Crippen LogP contribution in [0.1, 0.15) is 24.3 Å². The Balaban J connectivity index is 2.35. The van der Waals surface area contributed by atoms with Gasteiger partial charge in [0.1, 0.15) is 16.7 Å². The van der Waals surface area contributed by atoms with Crippen LogP contribution in [0.3, 0.4) is 0 Å². The van der Waals surface area contributed by atoms with E-state index in [-0.39, 0.29) is 10.6 Å². The first-order valence-electron chi connectivity index (χ1n) is 6.10. The molecule has 1 aromatic heterocycles. The van der Waals surface area contributed by atoms with Crippen molar-refractivity contribution >= 4 is 15.7 Å². The number of benzene rings is 1. The molecular formula is C14H13N3O3S. The second kappa shape index (κ2) is 5.91. The molecule has 1 heterocycles. The van der Waals surface area contributed by atoms with Crippen LogP contribution in [0.5, 0.6) is 0 Å². The number of pyridine rings is 1. The Morgan fingerprint density at radius 2 is 2.00 bits per heavy atom. The molecule has 2 aromatic rings. The minimum atomic E-state index is -3.83. The summed E-state index contributed by atoms with van der Waals surface area (Å²) in [5.74, 6) is 0. The molecule has 1 atom stereocenters. The summed E-state index contributed by atoms with van der Waals surface area (Å²) in [6.45, 7) is 1.55. The van der Waals surface area contributed by atoms with Gasteiger partial charge in [-0.1, -0.05) is 18.2 Å². The number of sulfonamides is 1. The number of nitrogens with zero attached hydrogens (tertiary/aromatic N) is 2. The monoisotopic (exact) mass is 303 g/mol. The highest BCUT2D eigenvalue weighted by atomic mass is 32.2. The molecule has 2 N–H and O–H groups in total. The molecule has 108 valence electrons. The van der Waals surface area contributed by atoms with E-state index in [1.165, 1.54) is 12.1 Å². The van der Waals surface area contributed by atoms with Gasteiger partial charge in [0.15, 0.2) is 0 Å². The van der Waals surface area contributed by atoms with Crippen LogP contribution >= 0.6 is 0 Å². The third-order valence-corrected chi connectivity index (χ3v) is 4.17. The largest absolute Gasteiger partial charge is 0.389 e. The van der Waals surface area contributed by atoms with Crippen molar-refractivity contribution in [1.29, 1.82) is 5.26 Å². The number of nitriles is 1. The molecule has 0 amide bonds. The Bertz CT molecular complexity index is 778. The lowest BCUT2D eigenvalue weighted by Crippen LogP contribution is -2.15. The van der Waals surface area contributed by atoms with Crippen molar-refractivity contribution in [2.75, 3.05) is 4.72 Å². The van der Waals surface area contributed by atoms with E-state index >= 15 is 0 Å². The zero-order valence-corrected chi connectivity index (χ0v) is 12.0. The van der Waals surface area contributed by atoms with E-state index in [9.17, 15) is 13.5 Å². The van der Waals surface area contributed by atoms with Crippen LogP contribution in [0.15, 0.2) is 47.5 Å². The predicted octanol–water partition coefficient (Wildman–Crippen LogP) is 1.81. The predicted molar refractivity (Wildman–Crippen MR) is 76.8 cm³/mol. The summed E-state index contributed by atoms with van der Waals surface area (Å²) in [6.07, 6.45) is 0.314. The maximum atomic E-state index is 12.3. The van der Waals surface area contributed by atoms with Gasteiger partial charge in [0.2, 0.25) is 0 Å². The van der Waals surface area contributed by atoms with Gasteiger partial charge in [-0.05, 0) is 25.1 Å². The van der Waals surface area contributed by atoms with Crippen molar-refractivity contribution in [1.82, 2.24) is 4.98 Å². The van der Waals surface area contributed by atoms with Gasteiger partial charge in [0.25, 0.3) is 10.0 Å². The van der Waals surface area contributed by atoms with Crippen LogP contribution < -0.4 is 4.72 Å². The van der Waals surface area contributed by atoms with E-state index in [4.69, 9.17) is 5.26 Å². The van der Waals surface area contributed by atoms with Gasteiger partial charge >= 0.3 is 0 Å². The molecular weight excluding hydrogens is 290 g/mol. The third-order valence-electron chi connectivity index (χ3n) is 2.82. The number of hydrogen-bond acceptors (Lipinski definition) is 5. The number of aliphatic hydroxyl groups excluding tert-OH is 1. The fraction of sp³-hybridized carbons (Fsp3) is 0.143. The summed E-state index contributed by atoms with van der Waals surface area (Å²) in [6, 6.07) is 11.0. The zero-order valence-electron chi connectivity index (χ0n) is 11.2. The van der Waals surface area contributed by atoms with E-state index in [0.29, 0.717) is 11.3 Å². The van der Waals surface area contributed by atoms with Gasteiger partial charge in [-0.3, -0.25) is 4.72 Å². The number of rotatable bonds is 4. The summed E-state index contributed by atoms with van der Waals surface area (Å²) < 4.78 is 26.9. The quantitative estimate of drug-likeness (QED) is 0.896. The highest BCUT2D eigenvalue weighted by molar-refractivity contribution is 7.92. The Hall–Kier alpha value is -2.43. The fourth-order valence-corrected chi connectivity index (χ4v) is 2.80. The van der Waals surface area contributed by atoms with Gasteiger partial charge in [-0.25, -0.2) is 13.4 Å². The fourth-order valence-electron chi connectivity index (χ4n) is 1.76. The van der Waals surface area contributed by atoms with Gasteiger partial charge in [0.05, 0.1) is 11.8 Å². The van der Waals surface area contributed by atoms with Gasteiger partial charge in [-0.15, -0.1) is 0 Å². The molecule has 1 aromatic carbocycles. The molecule has 2 rings (SSSR count). The number of anilines is 1. The first-order valence-corrected chi connectivity index (χ1v) is 7.58. The van der Waals surface area contributed by atoms with E-state index in [1.54, 1.807) is 31.2 Å². The maximum Gasteiger partial charge on any atom is 0.263 e. The summed E-state index contributed by atoms with van der Waals surface area (Å²) >= 11 is 0. The standard InChI is InChI=1S/C14H13N3O3S/c1-10(18)13-4-2-3-5-14(13)17-21(19,20)12-7-6-11(8-15)16-9-12/h2-7,9-10,17-18H,1H3. The first kappa shape index (κ1) is 15.0. The lowest BCUT2D eigenvalue weighted by Gasteiger charge is -2.14. The molecule has 0 bridgehead atoms. The van der Waals surface area contributed by atoms with Crippen LogP contribution in [-0.4, -0.2) is 18.5 Å². The maximum absolute atomic E-state index is 12.3. The summed E-state index contributed by atoms with van der Waals surface area (Å²) in [7, 11) is -3.83. The second-order valence-electron chi connectivity index (χ2n) is 4.36. The summed E-state index contributed by atoms with van der Waals surface area (Å²) in [5, 5.41) is 18.3. The highest BCUT2D eigenvalue weighted by Gasteiger charge is 2.17. The summed E-state index contributed by atoms with van der Waals surface area (Å²) in [4.78, 5) is 3.68. The Labute approximate surface area is 122 Å². The van der Waals surface area contributed by atoms with E-state index in [2.05, 4.69) is 9.71 Å². The normalized spacial score (nSPS) is 12.4. The molecule has 0 aliphatic carbocycles. The van der Waals surface area contributed by atoms with Crippen LogP contribution in [0.4, 0.5) is 5.69 Å². The van der Waals surface area contributed by atoms with Crippen molar-refractivity contribution < 1.29 is 13.5 Å².